The van der Waals surface area contributed by atoms with Gasteiger partial charge in [0.15, 0.2) is 0 Å². The molecule has 0 radical (unpaired) electrons. The number of aromatic nitrogens is 2. The summed E-state index contributed by atoms with van der Waals surface area (Å²) >= 11 is 12.7. The first-order chi connectivity index (χ1) is 19.7. The Labute approximate surface area is 246 Å². The molecule has 0 bridgehead atoms. The zero-order chi connectivity index (χ0) is 28.4. The molecule has 1 aromatic heterocycles. The van der Waals surface area contributed by atoms with Crippen LogP contribution in [0.3, 0.4) is 0 Å². The number of halogens is 3. The number of hydrogen-bond acceptors (Lipinski definition) is 4. The number of imidazole rings is 1. The molecule has 1 spiro atoms. The fourth-order valence-corrected chi connectivity index (χ4v) is 8.80. The fraction of sp³-hybridized carbons (Fsp3) is 0.387. The third kappa shape index (κ3) is 3.05. The molecule has 4 heterocycles. The number of carboxylic acids is 1. The van der Waals surface area contributed by atoms with E-state index in [0.717, 1.165) is 35.6 Å². The highest BCUT2D eigenvalue weighted by Gasteiger charge is 2.69. The second-order valence-corrected chi connectivity index (χ2v) is 12.8. The van der Waals surface area contributed by atoms with Crippen LogP contribution in [0, 0.1) is 11.2 Å². The summed E-state index contributed by atoms with van der Waals surface area (Å²) in [5.74, 6) is -1.97. The number of carbonyl (C=O) groups is 2. The predicted molar refractivity (Wildman–Crippen MR) is 153 cm³/mol. The molecule has 8 rings (SSSR count). The molecule has 2 unspecified atom stereocenters. The Morgan fingerprint density at radius 3 is 2.88 bits per heavy atom. The average Bonchev–Trinajstić information content (AvgIpc) is 3.37. The number of carbonyl (C=O) groups excluding carboxylic acids is 1. The first-order valence-electron chi connectivity index (χ1n) is 14.1. The van der Waals surface area contributed by atoms with Gasteiger partial charge in [0.1, 0.15) is 17.2 Å². The summed E-state index contributed by atoms with van der Waals surface area (Å²) in [6.07, 6.45) is 5.75. The minimum Gasteiger partial charge on any atom is -0.481 e. The molecule has 3 aromatic rings. The van der Waals surface area contributed by atoms with Crippen LogP contribution < -0.4 is 5.32 Å². The van der Waals surface area contributed by atoms with Gasteiger partial charge in [-0.15, -0.1) is 0 Å². The number of nitrogens with one attached hydrogen (secondary N) is 1. The highest BCUT2D eigenvalue weighted by atomic mass is 35.5. The van der Waals surface area contributed by atoms with Gasteiger partial charge in [-0.05, 0) is 55.6 Å². The van der Waals surface area contributed by atoms with E-state index in [-0.39, 0.29) is 28.8 Å². The summed E-state index contributed by atoms with van der Waals surface area (Å²) in [6, 6.07) is 10.3. The number of benzene rings is 2. The van der Waals surface area contributed by atoms with Crippen LogP contribution in [0.1, 0.15) is 72.3 Å². The van der Waals surface area contributed by atoms with Crippen molar-refractivity contribution in [1.82, 2.24) is 14.5 Å². The zero-order valence-electron chi connectivity index (χ0n) is 22.2. The maximum absolute atomic E-state index is 16.1. The monoisotopic (exact) mass is 592 g/mol. The lowest BCUT2D eigenvalue weighted by atomic mass is 9.70. The molecule has 2 aliphatic carbocycles. The minimum atomic E-state index is -1.21. The normalized spacial score (nSPS) is 32.2. The van der Waals surface area contributed by atoms with E-state index in [9.17, 15) is 14.7 Å². The summed E-state index contributed by atoms with van der Waals surface area (Å²) in [6.45, 7) is 3.38. The first-order valence-corrected chi connectivity index (χ1v) is 14.8. The van der Waals surface area contributed by atoms with Gasteiger partial charge in [-0.2, -0.15) is 0 Å². The van der Waals surface area contributed by atoms with E-state index in [0.29, 0.717) is 35.8 Å². The Balaban J connectivity index is 1.40. The smallest absolute Gasteiger partial charge is 0.314 e. The molecule has 2 aromatic carbocycles. The summed E-state index contributed by atoms with van der Waals surface area (Å²) in [4.78, 5) is 34.0. The van der Waals surface area contributed by atoms with Crippen molar-refractivity contribution in [3.05, 3.63) is 86.7 Å². The number of carboxylic acid groups (broad SMARTS) is 1. The molecule has 1 saturated heterocycles. The van der Waals surface area contributed by atoms with E-state index in [4.69, 9.17) is 28.2 Å². The lowest BCUT2D eigenvalue weighted by Gasteiger charge is -2.39. The molecule has 2 fully saturated rings. The standard InChI is InChI=1S/C31H27Cl2FN4O3/c1-2-11-38-21-9-12-37-22-8-10-30(29(40)41)14-18(30)26(22)36-27(37)23(21)24(16-4-3-5-19(33)25(16)34)31(38)17-7-6-15(32)13-20(17)35-28(31)39/h3-8,10,13,18,21,23-24H,2,9,11-12,14H2,1H3,(H,35,39)(H,40,41)/t18?,21-,23+,24-,30?,31+/m0/s1. The number of hydrogen-bond donors (Lipinski definition) is 2. The van der Waals surface area contributed by atoms with Gasteiger partial charge < -0.3 is 15.0 Å². The van der Waals surface area contributed by atoms with Crippen molar-refractivity contribution in [2.45, 2.75) is 62.1 Å². The molecule has 6 atom stereocenters. The van der Waals surface area contributed by atoms with Gasteiger partial charge in [0, 0.05) is 46.6 Å². The summed E-state index contributed by atoms with van der Waals surface area (Å²) in [7, 11) is 0. The van der Waals surface area contributed by atoms with Crippen LogP contribution in [0.25, 0.3) is 6.08 Å². The van der Waals surface area contributed by atoms with Crippen molar-refractivity contribution in [2.75, 3.05) is 11.9 Å². The Bertz CT molecular complexity index is 1720. The number of aliphatic carboxylic acids is 1. The van der Waals surface area contributed by atoms with Crippen molar-refractivity contribution in [2.24, 2.45) is 5.41 Å². The highest BCUT2D eigenvalue weighted by molar-refractivity contribution is 6.31. The summed E-state index contributed by atoms with van der Waals surface area (Å²) in [5.41, 5.74) is 1.39. The van der Waals surface area contributed by atoms with Gasteiger partial charge in [-0.3, -0.25) is 14.5 Å². The molecule has 10 heteroatoms. The maximum Gasteiger partial charge on any atom is 0.314 e. The Morgan fingerprint density at radius 2 is 2.10 bits per heavy atom. The average molecular weight is 593 g/mol. The van der Waals surface area contributed by atoms with Gasteiger partial charge in [0.25, 0.3) is 0 Å². The Hall–Kier alpha value is -3.20. The van der Waals surface area contributed by atoms with Crippen LogP contribution in [0.2, 0.25) is 10.0 Å². The van der Waals surface area contributed by atoms with Gasteiger partial charge in [0.05, 0.1) is 21.8 Å². The third-order valence-corrected chi connectivity index (χ3v) is 10.7. The third-order valence-electron chi connectivity index (χ3n) is 10.1. The Morgan fingerprint density at radius 1 is 1.27 bits per heavy atom. The van der Waals surface area contributed by atoms with E-state index in [1.165, 1.54) is 6.07 Å². The second kappa shape index (κ2) is 8.43. The first kappa shape index (κ1) is 25.5. The van der Waals surface area contributed by atoms with Crippen molar-refractivity contribution < 1.29 is 19.1 Å². The minimum absolute atomic E-state index is 0.00322. The fourth-order valence-electron chi connectivity index (χ4n) is 8.45. The molecule has 41 heavy (non-hydrogen) atoms. The van der Waals surface area contributed by atoms with Crippen LogP contribution in [-0.2, 0) is 21.7 Å². The molecule has 1 saturated carbocycles. The number of rotatable bonds is 4. The van der Waals surface area contributed by atoms with Crippen LogP contribution >= 0.6 is 23.2 Å². The summed E-state index contributed by atoms with van der Waals surface area (Å²) in [5, 5.41) is 13.5. The van der Waals surface area contributed by atoms with Crippen molar-refractivity contribution in [1.29, 1.82) is 0 Å². The number of anilines is 1. The molecular formula is C31H27Cl2FN4O3. The topological polar surface area (TPSA) is 87.5 Å². The van der Waals surface area contributed by atoms with Crippen molar-refractivity contribution in [3.63, 3.8) is 0 Å². The lowest BCUT2D eigenvalue weighted by molar-refractivity contribution is -0.141. The summed E-state index contributed by atoms with van der Waals surface area (Å²) < 4.78 is 18.3. The second-order valence-electron chi connectivity index (χ2n) is 11.9. The molecule has 210 valence electrons. The van der Waals surface area contributed by atoms with Gasteiger partial charge in [-0.25, -0.2) is 9.37 Å². The van der Waals surface area contributed by atoms with Crippen LogP contribution in [-0.4, -0.2) is 44.0 Å². The molecule has 1 amide bonds. The van der Waals surface area contributed by atoms with E-state index < -0.39 is 28.7 Å². The van der Waals surface area contributed by atoms with Crippen molar-refractivity contribution in [3.8, 4) is 0 Å². The maximum atomic E-state index is 16.1. The SMILES string of the molecule is CCCN1[C@H]2CCn3c(nc4c3C=CC3(C(=O)O)CC43)[C@H]2[C@H](c2cccc(Cl)c2F)[C@]12C(=O)Nc1cc(Cl)ccc12. The Kier molecular flexibility index (Phi) is 5.24. The molecule has 3 aliphatic heterocycles. The molecule has 5 aliphatic rings. The van der Waals surface area contributed by atoms with E-state index >= 15 is 4.39 Å². The number of nitrogens with zero attached hydrogens (tertiary/aromatic N) is 3. The van der Waals surface area contributed by atoms with E-state index in [1.54, 1.807) is 30.3 Å². The van der Waals surface area contributed by atoms with Crippen LogP contribution in [0.5, 0.6) is 0 Å². The largest absolute Gasteiger partial charge is 0.481 e. The number of fused-ring (bicyclic) bond motifs is 9. The van der Waals surface area contributed by atoms with Gasteiger partial charge >= 0.3 is 5.97 Å². The molecule has 2 N–H and O–H groups in total. The zero-order valence-corrected chi connectivity index (χ0v) is 23.7. The highest BCUT2D eigenvalue weighted by Crippen LogP contribution is 2.67. The van der Waals surface area contributed by atoms with Crippen molar-refractivity contribution >= 4 is 46.8 Å². The number of likely N-dealkylation sites (tertiary alicyclic amines) is 1. The van der Waals surface area contributed by atoms with E-state index in [1.807, 2.05) is 12.1 Å². The molecule has 7 nitrogen and oxygen atoms in total. The van der Waals surface area contributed by atoms with Gasteiger partial charge in [-0.1, -0.05) is 54.4 Å². The lowest BCUT2D eigenvalue weighted by Crippen LogP contribution is -2.52. The van der Waals surface area contributed by atoms with Crippen LogP contribution in [0.15, 0.2) is 42.5 Å². The van der Waals surface area contributed by atoms with E-state index in [2.05, 4.69) is 21.7 Å². The molecular weight excluding hydrogens is 566 g/mol. The quantitative estimate of drug-likeness (QED) is 0.380. The number of amides is 1. The van der Waals surface area contributed by atoms with Gasteiger partial charge in [0.2, 0.25) is 5.91 Å². The predicted octanol–water partition coefficient (Wildman–Crippen LogP) is 6.13. The van der Waals surface area contributed by atoms with Crippen LogP contribution in [0.4, 0.5) is 10.1 Å².